The average Bonchev–Trinajstić information content (AvgIpc) is 2.74. The second-order valence-electron chi connectivity index (χ2n) is 10.1. The normalized spacial score (nSPS) is 12.0. The molecule has 32 heavy (non-hydrogen) atoms. The Kier molecular flexibility index (Phi) is 9.70. The van der Waals surface area contributed by atoms with E-state index in [-0.39, 0.29) is 10.8 Å². The molecule has 5 nitrogen and oxygen atoms in total. The highest BCUT2D eigenvalue weighted by atomic mass is 16.5. The zero-order chi connectivity index (χ0) is 23.6. The summed E-state index contributed by atoms with van der Waals surface area (Å²) < 4.78 is 23.6. The lowest BCUT2D eigenvalue weighted by atomic mass is 9.92. The molecule has 5 heteroatoms. The number of nitrogens with zero attached hydrogens (tertiary/aromatic N) is 1. The Labute approximate surface area is 194 Å². The van der Waals surface area contributed by atoms with Crippen LogP contribution in [0, 0.1) is 10.8 Å². The van der Waals surface area contributed by atoms with E-state index < -0.39 is 0 Å². The standard InChI is InChI=1S/C27H41NO4/c1-8-26(2,3)20-31-24-13-9-11-22(17-24)29-15-16-30-23-12-10-14-25(18-23)32-21-27(4,5)19-28(6)7/h9-14,17-18H,8,15-16,19-21H2,1-7H3. The van der Waals surface area contributed by atoms with E-state index >= 15 is 0 Å². The van der Waals surface area contributed by atoms with Crippen molar-refractivity contribution in [2.45, 2.75) is 41.0 Å². The van der Waals surface area contributed by atoms with Crippen molar-refractivity contribution in [2.75, 3.05) is 47.1 Å². The first-order chi connectivity index (χ1) is 15.1. The summed E-state index contributed by atoms with van der Waals surface area (Å²) in [5.41, 5.74) is 0.226. The van der Waals surface area contributed by atoms with Gasteiger partial charge in [0, 0.05) is 24.1 Å². The number of hydrogen-bond acceptors (Lipinski definition) is 5. The Morgan fingerprint density at radius 2 is 1.06 bits per heavy atom. The first-order valence-corrected chi connectivity index (χ1v) is 11.4. The van der Waals surface area contributed by atoms with Gasteiger partial charge in [0.25, 0.3) is 0 Å². The van der Waals surface area contributed by atoms with Crippen LogP contribution in [-0.4, -0.2) is 52.0 Å². The molecule has 0 heterocycles. The van der Waals surface area contributed by atoms with Gasteiger partial charge in [-0.05, 0) is 50.2 Å². The molecule has 178 valence electrons. The third-order valence-electron chi connectivity index (χ3n) is 5.19. The van der Waals surface area contributed by atoms with Gasteiger partial charge in [-0.2, -0.15) is 0 Å². The minimum Gasteiger partial charge on any atom is -0.493 e. The highest BCUT2D eigenvalue weighted by Crippen LogP contribution is 2.25. The third kappa shape index (κ3) is 9.82. The van der Waals surface area contributed by atoms with E-state index in [0.29, 0.717) is 26.4 Å². The van der Waals surface area contributed by atoms with Crippen LogP contribution in [0.5, 0.6) is 23.0 Å². The Morgan fingerprint density at radius 1 is 0.656 bits per heavy atom. The molecule has 0 fully saturated rings. The molecule has 0 aliphatic carbocycles. The zero-order valence-corrected chi connectivity index (χ0v) is 20.9. The van der Waals surface area contributed by atoms with E-state index in [1.165, 1.54) is 0 Å². The van der Waals surface area contributed by atoms with Gasteiger partial charge in [0.15, 0.2) is 0 Å². The van der Waals surface area contributed by atoms with Crippen molar-refractivity contribution >= 4 is 0 Å². The van der Waals surface area contributed by atoms with Crippen molar-refractivity contribution in [3.63, 3.8) is 0 Å². The minimum absolute atomic E-state index is 0.0682. The lowest BCUT2D eigenvalue weighted by molar-refractivity contribution is 0.141. The van der Waals surface area contributed by atoms with Crippen LogP contribution < -0.4 is 18.9 Å². The summed E-state index contributed by atoms with van der Waals surface area (Å²) in [5, 5.41) is 0. The summed E-state index contributed by atoms with van der Waals surface area (Å²) in [6.07, 6.45) is 1.07. The van der Waals surface area contributed by atoms with Crippen LogP contribution in [-0.2, 0) is 0 Å². The maximum atomic E-state index is 6.00. The summed E-state index contributed by atoms with van der Waals surface area (Å²) >= 11 is 0. The van der Waals surface area contributed by atoms with Gasteiger partial charge in [-0.15, -0.1) is 0 Å². The van der Waals surface area contributed by atoms with Crippen LogP contribution in [0.2, 0.25) is 0 Å². The molecule has 0 N–H and O–H groups in total. The van der Waals surface area contributed by atoms with Crippen molar-refractivity contribution in [2.24, 2.45) is 10.8 Å². The summed E-state index contributed by atoms with van der Waals surface area (Å²) in [5.74, 6) is 3.19. The molecule has 0 saturated carbocycles. The van der Waals surface area contributed by atoms with Gasteiger partial charge in [0.1, 0.15) is 36.2 Å². The summed E-state index contributed by atoms with van der Waals surface area (Å²) in [6.45, 7) is 14.2. The van der Waals surface area contributed by atoms with Crippen LogP contribution in [0.1, 0.15) is 41.0 Å². The van der Waals surface area contributed by atoms with Crippen molar-refractivity contribution < 1.29 is 18.9 Å². The van der Waals surface area contributed by atoms with Gasteiger partial charge in [-0.25, -0.2) is 0 Å². The first kappa shape index (κ1) is 25.9. The molecule has 2 aromatic rings. The Balaban J connectivity index is 1.77. The van der Waals surface area contributed by atoms with Crippen molar-refractivity contribution in [3.05, 3.63) is 48.5 Å². The molecule has 0 saturated heterocycles. The molecule has 0 bridgehead atoms. The maximum absolute atomic E-state index is 6.00. The van der Waals surface area contributed by atoms with E-state index in [0.717, 1.165) is 36.0 Å². The first-order valence-electron chi connectivity index (χ1n) is 11.4. The fraction of sp³-hybridized carbons (Fsp3) is 0.556. The van der Waals surface area contributed by atoms with E-state index in [1.54, 1.807) is 0 Å². The summed E-state index contributed by atoms with van der Waals surface area (Å²) in [6, 6.07) is 15.5. The fourth-order valence-electron chi connectivity index (χ4n) is 3.19. The SMILES string of the molecule is CCC(C)(C)COc1cccc(OCCOc2cccc(OCC(C)(C)CN(C)C)c2)c1. The van der Waals surface area contributed by atoms with Crippen LogP contribution in [0.15, 0.2) is 48.5 Å². The Morgan fingerprint density at radius 3 is 1.47 bits per heavy atom. The van der Waals surface area contributed by atoms with Gasteiger partial charge in [0.05, 0.1) is 13.2 Å². The monoisotopic (exact) mass is 443 g/mol. The molecule has 0 aromatic heterocycles. The van der Waals surface area contributed by atoms with E-state index in [4.69, 9.17) is 18.9 Å². The van der Waals surface area contributed by atoms with Crippen LogP contribution >= 0.6 is 0 Å². The minimum atomic E-state index is 0.0682. The van der Waals surface area contributed by atoms with Crippen molar-refractivity contribution in [1.29, 1.82) is 0 Å². The van der Waals surface area contributed by atoms with Gasteiger partial charge in [-0.3, -0.25) is 0 Å². The molecule has 0 atom stereocenters. The number of rotatable bonds is 14. The average molecular weight is 444 g/mol. The number of hydrogen-bond donors (Lipinski definition) is 0. The molecular weight excluding hydrogens is 402 g/mol. The van der Waals surface area contributed by atoms with Gasteiger partial charge >= 0.3 is 0 Å². The fourth-order valence-corrected chi connectivity index (χ4v) is 3.19. The third-order valence-corrected chi connectivity index (χ3v) is 5.19. The quantitative estimate of drug-likeness (QED) is 0.339. The summed E-state index contributed by atoms with van der Waals surface area (Å²) in [4.78, 5) is 2.18. The largest absolute Gasteiger partial charge is 0.493 e. The molecular formula is C27H41NO4. The van der Waals surface area contributed by atoms with Crippen LogP contribution in [0.4, 0.5) is 0 Å². The highest BCUT2D eigenvalue weighted by molar-refractivity contribution is 5.34. The van der Waals surface area contributed by atoms with Gasteiger partial charge in [0.2, 0.25) is 0 Å². The second-order valence-corrected chi connectivity index (χ2v) is 10.1. The zero-order valence-electron chi connectivity index (χ0n) is 20.9. The molecule has 0 spiro atoms. The summed E-state index contributed by atoms with van der Waals surface area (Å²) in [7, 11) is 4.16. The van der Waals surface area contributed by atoms with E-state index in [2.05, 4.69) is 53.6 Å². The lowest BCUT2D eigenvalue weighted by Crippen LogP contribution is -2.33. The number of benzene rings is 2. The molecule has 0 radical (unpaired) electrons. The molecule has 0 aliphatic heterocycles. The van der Waals surface area contributed by atoms with E-state index in [1.807, 2.05) is 48.5 Å². The van der Waals surface area contributed by atoms with Gasteiger partial charge in [-0.1, -0.05) is 46.8 Å². The lowest BCUT2D eigenvalue weighted by Gasteiger charge is -2.28. The smallest absolute Gasteiger partial charge is 0.123 e. The predicted octanol–water partition coefficient (Wildman–Crippen LogP) is 5.93. The van der Waals surface area contributed by atoms with Crippen LogP contribution in [0.3, 0.4) is 0 Å². The van der Waals surface area contributed by atoms with Crippen LogP contribution in [0.25, 0.3) is 0 Å². The molecule has 0 amide bonds. The van der Waals surface area contributed by atoms with Crippen molar-refractivity contribution in [3.8, 4) is 23.0 Å². The van der Waals surface area contributed by atoms with Gasteiger partial charge < -0.3 is 23.8 Å². The Hall–Kier alpha value is -2.40. The van der Waals surface area contributed by atoms with E-state index in [9.17, 15) is 0 Å². The molecule has 2 aromatic carbocycles. The molecule has 2 rings (SSSR count). The topological polar surface area (TPSA) is 40.2 Å². The molecule has 0 aliphatic rings. The van der Waals surface area contributed by atoms with Crippen molar-refractivity contribution in [1.82, 2.24) is 4.90 Å². The maximum Gasteiger partial charge on any atom is 0.123 e. The highest BCUT2D eigenvalue weighted by Gasteiger charge is 2.20. The number of ether oxygens (including phenoxy) is 4. The predicted molar refractivity (Wildman–Crippen MR) is 131 cm³/mol. The molecule has 0 unspecified atom stereocenters. The Bertz CT molecular complexity index is 817. The second kappa shape index (κ2) is 12.0.